The minimum atomic E-state index is -4.52. The van der Waals surface area contributed by atoms with E-state index in [-0.39, 0.29) is 16.8 Å². The number of carbonyl (C=O) groups excluding carboxylic acids is 2. The van der Waals surface area contributed by atoms with Crippen LogP contribution in [0.2, 0.25) is 0 Å². The van der Waals surface area contributed by atoms with Gasteiger partial charge in [-0.15, -0.1) is 11.3 Å². The maximum Gasteiger partial charge on any atom is 0.426 e. The van der Waals surface area contributed by atoms with Crippen LogP contribution in [0.5, 0.6) is 0 Å². The molecule has 10 nitrogen and oxygen atoms in total. The minimum absolute atomic E-state index is 0.0803. The number of nitrogens with zero attached hydrogens (tertiary/aromatic N) is 3. The summed E-state index contributed by atoms with van der Waals surface area (Å²) in [4.78, 5) is 52.6. The van der Waals surface area contributed by atoms with Crippen molar-refractivity contribution in [2.45, 2.75) is 91.2 Å². The van der Waals surface area contributed by atoms with Gasteiger partial charge < -0.3 is 9.47 Å². The van der Waals surface area contributed by atoms with Crippen LogP contribution in [0.15, 0.2) is 21.9 Å². The van der Waals surface area contributed by atoms with Crippen LogP contribution < -0.4 is 16.7 Å². The van der Waals surface area contributed by atoms with Gasteiger partial charge in [0.2, 0.25) is 0 Å². The number of hydrogen-bond acceptors (Lipinski definition) is 7. The first-order chi connectivity index (χ1) is 18.0. The molecule has 1 N–H and O–H groups in total. The molecule has 1 fully saturated rings. The van der Waals surface area contributed by atoms with Crippen molar-refractivity contribution < 1.29 is 32.2 Å². The molecule has 14 heteroatoms. The van der Waals surface area contributed by atoms with Crippen molar-refractivity contribution in [1.29, 1.82) is 0 Å². The molecule has 216 valence electrons. The number of hydrogen-bond donors (Lipinski definition) is 1. The Kier molecular flexibility index (Phi) is 8.58. The van der Waals surface area contributed by atoms with Gasteiger partial charge in [0, 0.05) is 17.5 Å². The molecule has 0 unspecified atom stereocenters. The first-order valence-electron chi connectivity index (χ1n) is 12.4. The van der Waals surface area contributed by atoms with E-state index in [1.165, 1.54) is 0 Å². The van der Waals surface area contributed by atoms with E-state index in [0.717, 1.165) is 37.8 Å². The van der Waals surface area contributed by atoms with Crippen molar-refractivity contribution in [3.8, 4) is 0 Å². The van der Waals surface area contributed by atoms with E-state index < -0.39 is 53.5 Å². The summed E-state index contributed by atoms with van der Waals surface area (Å²) in [5.41, 5.74) is -0.237. The van der Waals surface area contributed by atoms with E-state index >= 15 is 0 Å². The highest BCUT2D eigenvalue weighted by Crippen LogP contribution is 2.41. The number of nitrogens with one attached hydrogen (secondary N) is 1. The summed E-state index contributed by atoms with van der Waals surface area (Å²) in [6.07, 6.45) is -3.33. The molecule has 0 bridgehead atoms. The molecule has 2 aromatic rings. The molecule has 1 aliphatic carbocycles. The van der Waals surface area contributed by atoms with E-state index in [1.54, 1.807) is 41.5 Å². The number of alkyl halides is 3. The summed E-state index contributed by atoms with van der Waals surface area (Å²) in [6, 6.07) is 0. The van der Waals surface area contributed by atoms with Crippen LogP contribution in [0.1, 0.15) is 64.3 Å². The number of rotatable bonds is 8. The summed E-state index contributed by atoms with van der Waals surface area (Å²) in [6.45, 7) is 9.38. The maximum atomic E-state index is 13.5. The SMILES string of the molecule is CCO/C=C/C(=O)N(Cc1sc2c(c1C)c(=O)n(C1(C)CC1)c(=O)n2CCC(F)(F)F)NC(=O)OC(C)(C)C. The number of aryl methyl sites for hydroxylation is 2. The summed E-state index contributed by atoms with van der Waals surface area (Å²) >= 11 is 0.924. The predicted octanol–water partition coefficient (Wildman–Crippen LogP) is 4.31. The van der Waals surface area contributed by atoms with Crippen LogP contribution in [-0.2, 0) is 32.9 Å². The van der Waals surface area contributed by atoms with Gasteiger partial charge in [-0.05, 0) is 59.9 Å². The summed E-state index contributed by atoms with van der Waals surface area (Å²) < 4.78 is 51.7. The number of aromatic nitrogens is 2. The van der Waals surface area contributed by atoms with Crippen LogP contribution in [0, 0.1) is 6.92 Å². The molecule has 2 amide bonds. The summed E-state index contributed by atoms with van der Waals surface area (Å²) in [7, 11) is 0. The number of amides is 2. The lowest BCUT2D eigenvalue weighted by molar-refractivity contribution is -0.136. The average molecular weight is 575 g/mol. The Labute approximate surface area is 227 Å². The highest BCUT2D eigenvalue weighted by molar-refractivity contribution is 7.18. The third kappa shape index (κ3) is 7.22. The van der Waals surface area contributed by atoms with Crippen LogP contribution in [0.3, 0.4) is 0 Å². The highest BCUT2D eigenvalue weighted by atomic mass is 32.1. The topological polar surface area (TPSA) is 112 Å². The second-order valence-electron chi connectivity index (χ2n) is 10.6. The van der Waals surface area contributed by atoms with Crippen molar-refractivity contribution in [3.05, 3.63) is 43.6 Å². The van der Waals surface area contributed by atoms with Crippen molar-refractivity contribution >= 4 is 33.6 Å². The standard InChI is InChI=1S/C25H33F3N4O6S/c1-7-37-13-8-17(33)31(29-21(35)38-23(3,4)5)14-16-15(2)18-19(34)32(24(6)9-10-24)22(36)30(20(18)39-16)12-11-25(26,27)28/h8,13H,7,9-12,14H2,1-6H3,(H,29,35)/b13-8+. The first-order valence-corrected chi connectivity index (χ1v) is 13.2. The number of fused-ring (bicyclic) bond motifs is 1. The Hall–Kier alpha value is -3.29. The van der Waals surface area contributed by atoms with Crippen molar-refractivity contribution in [1.82, 2.24) is 19.6 Å². The molecule has 1 aliphatic rings. The normalized spacial score (nSPS) is 15.0. The van der Waals surface area contributed by atoms with Crippen LogP contribution in [0.4, 0.5) is 18.0 Å². The molecule has 39 heavy (non-hydrogen) atoms. The molecule has 2 heterocycles. The molecule has 0 saturated heterocycles. The van der Waals surface area contributed by atoms with Gasteiger partial charge in [0.1, 0.15) is 10.4 Å². The zero-order valence-corrected chi connectivity index (χ0v) is 23.5. The lowest BCUT2D eigenvalue weighted by atomic mass is 10.2. The fraction of sp³-hybridized carbons (Fsp3) is 0.600. The Balaban J connectivity index is 2.11. The minimum Gasteiger partial charge on any atom is -0.501 e. The van der Waals surface area contributed by atoms with Gasteiger partial charge >= 0.3 is 18.0 Å². The van der Waals surface area contributed by atoms with Crippen molar-refractivity contribution in [2.75, 3.05) is 6.61 Å². The Morgan fingerprint density at radius 1 is 1.21 bits per heavy atom. The van der Waals surface area contributed by atoms with Gasteiger partial charge in [0.15, 0.2) is 0 Å². The molecule has 0 aromatic carbocycles. The van der Waals surface area contributed by atoms with Gasteiger partial charge in [-0.3, -0.25) is 18.7 Å². The molecule has 0 spiro atoms. The molecule has 3 rings (SSSR count). The molecule has 0 aliphatic heterocycles. The van der Waals surface area contributed by atoms with Gasteiger partial charge in [0.25, 0.3) is 11.5 Å². The number of hydrazine groups is 1. The van der Waals surface area contributed by atoms with Gasteiger partial charge in [-0.2, -0.15) is 13.2 Å². The second kappa shape index (κ2) is 11.1. The zero-order chi connectivity index (χ0) is 29.3. The molecule has 2 aromatic heterocycles. The maximum absolute atomic E-state index is 13.5. The third-order valence-electron chi connectivity index (χ3n) is 6.11. The van der Waals surface area contributed by atoms with Crippen molar-refractivity contribution in [3.63, 3.8) is 0 Å². The Bertz CT molecular complexity index is 1400. The van der Waals surface area contributed by atoms with E-state index in [0.29, 0.717) is 29.9 Å². The lowest BCUT2D eigenvalue weighted by Crippen LogP contribution is -2.47. The largest absolute Gasteiger partial charge is 0.501 e. The van der Waals surface area contributed by atoms with Crippen LogP contribution in [0.25, 0.3) is 10.2 Å². The van der Waals surface area contributed by atoms with Gasteiger partial charge in [-0.25, -0.2) is 20.0 Å². The summed E-state index contributed by atoms with van der Waals surface area (Å²) in [5, 5.41) is 1.06. The Morgan fingerprint density at radius 2 is 1.85 bits per heavy atom. The Morgan fingerprint density at radius 3 is 2.38 bits per heavy atom. The van der Waals surface area contributed by atoms with E-state index in [9.17, 15) is 32.3 Å². The predicted molar refractivity (Wildman–Crippen MR) is 139 cm³/mol. The summed E-state index contributed by atoms with van der Waals surface area (Å²) in [5.74, 6) is -0.677. The monoisotopic (exact) mass is 574 g/mol. The number of carbonyl (C=O) groups is 2. The van der Waals surface area contributed by atoms with Crippen molar-refractivity contribution in [2.24, 2.45) is 0 Å². The smallest absolute Gasteiger partial charge is 0.426 e. The van der Waals surface area contributed by atoms with Crippen LogP contribution in [-0.4, -0.2) is 44.5 Å². The quantitative estimate of drug-likeness (QED) is 0.286. The number of thiophene rings is 1. The van der Waals surface area contributed by atoms with E-state index in [4.69, 9.17) is 9.47 Å². The van der Waals surface area contributed by atoms with E-state index in [1.807, 2.05) is 0 Å². The first kappa shape index (κ1) is 30.3. The molecular weight excluding hydrogens is 541 g/mol. The fourth-order valence-corrected chi connectivity index (χ4v) is 5.18. The third-order valence-corrected chi connectivity index (χ3v) is 7.41. The average Bonchev–Trinajstić information content (AvgIpc) is 3.44. The fourth-order valence-electron chi connectivity index (χ4n) is 3.88. The van der Waals surface area contributed by atoms with Crippen LogP contribution >= 0.6 is 11.3 Å². The second-order valence-corrected chi connectivity index (χ2v) is 11.6. The molecule has 1 saturated carbocycles. The molecular formula is C25H33F3N4O6S. The van der Waals surface area contributed by atoms with Gasteiger partial charge in [0.05, 0.1) is 36.8 Å². The van der Waals surface area contributed by atoms with E-state index in [2.05, 4.69) is 5.43 Å². The highest BCUT2D eigenvalue weighted by Gasteiger charge is 2.43. The number of ether oxygens (including phenoxy) is 2. The number of halogens is 3. The zero-order valence-electron chi connectivity index (χ0n) is 22.7. The molecule has 0 radical (unpaired) electrons. The van der Waals surface area contributed by atoms with Gasteiger partial charge in [-0.1, -0.05) is 0 Å². The molecule has 0 atom stereocenters. The lowest BCUT2D eigenvalue weighted by Gasteiger charge is -2.25.